The molecule has 0 unspecified atom stereocenters. The molecule has 182 valence electrons. The third kappa shape index (κ3) is 9.36. The van der Waals surface area contributed by atoms with Crippen LogP contribution in [0.15, 0.2) is 24.3 Å². The van der Waals surface area contributed by atoms with E-state index in [-0.39, 0.29) is 0 Å². The molecule has 0 aromatic heterocycles. The zero-order valence-electron chi connectivity index (χ0n) is 21.2. The van der Waals surface area contributed by atoms with E-state index in [4.69, 9.17) is 9.47 Å². The molecule has 2 heteroatoms. The normalized spacial score (nSPS) is 26.1. The van der Waals surface area contributed by atoms with Gasteiger partial charge in [-0.2, -0.15) is 0 Å². The highest BCUT2D eigenvalue weighted by Crippen LogP contribution is 2.34. The Balaban J connectivity index is 1.23. The van der Waals surface area contributed by atoms with Crippen molar-refractivity contribution in [3.05, 3.63) is 24.3 Å². The Labute approximate surface area is 198 Å². The number of hydrogen-bond donors (Lipinski definition) is 0. The molecule has 2 aliphatic rings. The predicted octanol–water partition coefficient (Wildman–Crippen LogP) is 9.22. The van der Waals surface area contributed by atoms with Gasteiger partial charge in [0.2, 0.25) is 0 Å². The summed E-state index contributed by atoms with van der Waals surface area (Å²) in [5.74, 6) is 5.64. The first-order chi connectivity index (χ1) is 15.8. The SMILES string of the molecule is CCCCCC1CCC(CCCOc2ccc(OCC3CCC(CCC)CC3)cc2)CC1. The van der Waals surface area contributed by atoms with Gasteiger partial charge < -0.3 is 9.47 Å². The molecule has 0 saturated heterocycles. The number of unbranched alkanes of at least 4 members (excludes halogenated alkanes) is 2. The molecule has 3 rings (SSSR count). The van der Waals surface area contributed by atoms with Crippen LogP contribution in [0.2, 0.25) is 0 Å². The molecular formula is C30H50O2. The van der Waals surface area contributed by atoms with Crippen molar-refractivity contribution in [2.45, 2.75) is 117 Å². The summed E-state index contributed by atoms with van der Waals surface area (Å²) < 4.78 is 12.1. The Bertz CT molecular complexity index is 579. The van der Waals surface area contributed by atoms with Crippen LogP contribution in [0, 0.1) is 23.7 Å². The fraction of sp³-hybridized carbons (Fsp3) is 0.800. The Morgan fingerprint density at radius 2 is 1.06 bits per heavy atom. The summed E-state index contributed by atoms with van der Waals surface area (Å²) in [4.78, 5) is 0. The lowest BCUT2D eigenvalue weighted by molar-refractivity contribution is 0.178. The zero-order valence-corrected chi connectivity index (χ0v) is 21.2. The van der Waals surface area contributed by atoms with E-state index in [9.17, 15) is 0 Å². The molecule has 0 atom stereocenters. The maximum absolute atomic E-state index is 6.08. The van der Waals surface area contributed by atoms with Crippen LogP contribution in [-0.4, -0.2) is 13.2 Å². The van der Waals surface area contributed by atoms with E-state index in [2.05, 4.69) is 38.1 Å². The topological polar surface area (TPSA) is 18.5 Å². The summed E-state index contributed by atoms with van der Waals surface area (Å²) in [5, 5.41) is 0. The van der Waals surface area contributed by atoms with E-state index in [1.54, 1.807) is 0 Å². The van der Waals surface area contributed by atoms with Gasteiger partial charge in [0.15, 0.2) is 0 Å². The summed E-state index contributed by atoms with van der Waals surface area (Å²) in [7, 11) is 0. The van der Waals surface area contributed by atoms with Crippen molar-refractivity contribution in [2.75, 3.05) is 13.2 Å². The summed E-state index contributed by atoms with van der Waals surface area (Å²) in [5.41, 5.74) is 0. The van der Waals surface area contributed by atoms with Crippen LogP contribution in [0.25, 0.3) is 0 Å². The van der Waals surface area contributed by atoms with Crippen molar-refractivity contribution in [3.63, 3.8) is 0 Å². The molecule has 0 aliphatic heterocycles. The number of rotatable bonds is 14. The van der Waals surface area contributed by atoms with Gasteiger partial charge in [0.25, 0.3) is 0 Å². The molecule has 2 saturated carbocycles. The lowest BCUT2D eigenvalue weighted by Gasteiger charge is -2.28. The standard InChI is InChI=1S/C30H50O2/c1-3-5-6-9-26-11-13-27(14-12-26)10-7-23-31-29-19-21-30(22-20-29)32-24-28-17-15-25(8-4-2)16-18-28/h19-22,25-28H,3-18,23-24H2,1-2H3. The average Bonchev–Trinajstić information content (AvgIpc) is 2.83. The van der Waals surface area contributed by atoms with E-state index in [0.717, 1.165) is 48.4 Å². The highest BCUT2D eigenvalue weighted by atomic mass is 16.5. The van der Waals surface area contributed by atoms with Crippen LogP contribution < -0.4 is 9.47 Å². The van der Waals surface area contributed by atoms with Gasteiger partial charge in [-0.25, -0.2) is 0 Å². The first-order valence-electron chi connectivity index (χ1n) is 14.1. The van der Waals surface area contributed by atoms with E-state index < -0.39 is 0 Å². The minimum absolute atomic E-state index is 0.741. The fourth-order valence-corrected chi connectivity index (χ4v) is 6.00. The third-order valence-corrected chi connectivity index (χ3v) is 8.18. The minimum Gasteiger partial charge on any atom is -0.494 e. The molecule has 0 heterocycles. The molecule has 0 spiro atoms. The van der Waals surface area contributed by atoms with E-state index in [1.165, 1.54) is 103 Å². The maximum atomic E-state index is 6.08. The van der Waals surface area contributed by atoms with Gasteiger partial charge in [0, 0.05) is 0 Å². The second-order valence-electron chi connectivity index (χ2n) is 10.8. The van der Waals surface area contributed by atoms with Crippen molar-refractivity contribution in [3.8, 4) is 11.5 Å². The van der Waals surface area contributed by atoms with Crippen LogP contribution in [0.1, 0.15) is 117 Å². The molecule has 1 aromatic carbocycles. The van der Waals surface area contributed by atoms with Crippen LogP contribution in [0.4, 0.5) is 0 Å². The van der Waals surface area contributed by atoms with Gasteiger partial charge >= 0.3 is 0 Å². The Morgan fingerprint density at radius 3 is 1.62 bits per heavy atom. The van der Waals surface area contributed by atoms with Gasteiger partial charge in [-0.3, -0.25) is 0 Å². The first-order valence-corrected chi connectivity index (χ1v) is 14.1. The number of benzene rings is 1. The maximum Gasteiger partial charge on any atom is 0.119 e. The Kier molecular flexibility index (Phi) is 11.8. The fourth-order valence-electron chi connectivity index (χ4n) is 6.00. The molecule has 2 aliphatic carbocycles. The molecule has 2 fully saturated rings. The van der Waals surface area contributed by atoms with Crippen LogP contribution in [0.3, 0.4) is 0 Å². The molecule has 32 heavy (non-hydrogen) atoms. The van der Waals surface area contributed by atoms with E-state index in [1.807, 2.05) is 0 Å². The lowest BCUT2D eigenvalue weighted by Crippen LogP contribution is -2.20. The minimum atomic E-state index is 0.741. The Hall–Kier alpha value is -1.18. The summed E-state index contributed by atoms with van der Waals surface area (Å²) in [6.07, 6.45) is 22.3. The molecule has 1 aromatic rings. The van der Waals surface area contributed by atoms with Gasteiger partial charge in [-0.15, -0.1) is 0 Å². The van der Waals surface area contributed by atoms with Gasteiger partial charge in [0.05, 0.1) is 13.2 Å². The predicted molar refractivity (Wildman–Crippen MR) is 137 cm³/mol. The van der Waals surface area contributed by atoms with Crippen molar-refractivity contribution < 1.29 is 9.47 Å². The average molecular weight is 443 g/mol. The smallest absolute Gasteiger partial charge is 0.119 e. The second-order valence-corrected chi connectivity index (χ2v) is 10.8. The number of ether oxygens (including phenoxy) is 2. The van der Waals surface area contributed by atoms with Gasteiger partial charge in [-0.1, -0.05) is 90.9 Å². The summed E-state index contributed by atoms with van der Waals surface area (Å²) >= 11 is 0. The molecule has 0 N–H and O–H groups in total. The van der Waals surface area contributed by atoms with Crippen molar-refractivity contribution in [2.24, 2.45) is 23.7 Å². The lowest BCUT2D eigenvalue weighted by atomic mass is 9.78. The third-order valence-electron chi connectivity index (χ3n) is 8.18. The van der Waals surface area contributed by atoms with Crippen LogP contribution >= 0.6 is 0 Å². The van der Waals surface area contributed by atoms with Crippen molar-refractivity contribution in [1.82, 2.24) is 0 Å². The quantitative estimate of drug-likeness (QED) is 0.267. The van der Waals surface area contributed by atoms with Crippen molar-refractivity contribution >= 4 is 0 Å². The van der Waals surface area contributed by atoms with E-state index >= 15 is 0 Å². The highest BCUT2D eigenvalue weighted by Gasteiger charge is 2.21. The Morgan fingerprint density at radius 1 is 0.562 bits per heavy atom. The van der Waals surface area contributed by atoms with Crippen molar-refractivity contribution in [1.29, 1.82) is 0 Å². The van der Waals surface area contributed by atoms with Crippen LogP contribution in [-0.2, 0) is 0 Å². The first kappa shape index (κ1) is 25.4. The molecule has 0 bridgehead atoms. The molecule has 0 radical (unpaired) electrons. The largest absolute Gasteiger partial charge is 0.494 e. The monoisotopic (exact) mass is 442 g/mol. The zero-order chi connectivity index (χ0) is 22.4. The highest BCUT2D eigenvalue weighted by molar-refractivity contribution is 5.31. The van der Waals surface area contributed by atoms with Gasteiger partial charge in [0.1, 0.15) is 11.5 Å². The second kappa shape index (κ2) is 14.9. The summed E-state index contributed by atoms with van der Waals surface area (Å²) in [6, 6.07) is 8.32. The van der Waals surface area contributed by atoms with Gasteiger partial charge in [-0.05, 0) is 73.6 Å². The molecule has 0 amide bonds. The van der Waals surface area contributed by atoms with E-state index in [0.29, 0.717) is 0 Å². The number of hydrogen-bond acceptors (Lipinski definition) is 2. The molecule has 2 nitrogen and oxygen atoms in total. The molecular weight excluding hydrogens is 392 g/mol. The summed E-state index contributed by atoms with van der Waals surface area (Å²) in [6.45, 7) is 6.34. The van der Waals surface area contributed by atoms with Crippen LogP contribution in [0.5, 0.6) is 11.5 Å².